The molecule has 0 N–H and O–H groups in total. The van der Waals surface area contributed by atoms with E-state index in [2.05, 4.69) is 22.5 Å². The van der Waals surface area contributed by atoms with E-state index in [1.54, 1.807) is 11.0 Å². The summed E-state index contributed by atoms with van der Waals surface area (Å²) in [6.45, 7) is 2.82. The molecule has 1 atom stereocenters. The largest absolute Gasteiger partial charge is 0.483 e. The van der Waals surface area contributed by atoms with Crippen molar-refractivity contribution in [1.82, 2.24) is 19.6 Å². The molecule has 2 fully saturated rings. The number of carbonyl (C=O) groups is 1. The van der Waals surface area contributed by atoms with Gasteiger partial charge in [0.1, 0.15) is 18.5 Å². The summed E-state index contributed by atoms with van der Waals surface area (Å²) in [6, 6.07) is 3.67. The highest BCUT2D eigenvalue weighted by Crippen LogP contribution is 2.42. The molecule has 2 aliphatic rings. The lowest BCUT2D eigenvalue weighted by Gasteiger charge is -2.15. The minimum Gasteiger partial charge on any atom is -0.483 e. The van der Waals surface area contributed by atoms with Gasteiger partial charge in [-0.2, -0.15) is 5.10 Å². The topological polar surface area (TPSA) is 81.9 Å². The number of rotatable bonds is 5. The van der Waals surface area contributed by atoms with Crippen LogP contribution in [-0.4, -0.2) is 38.8 Å². The van der Waals surface area contributed by atoms with Crippen LogP contribution < -0.4 is 9.64 Å². The van der Waals surface area contributed by atoms with Gasteiger partial charge in [-0.05, 0) is 37.3 Å². The number of amides is 1. The van der Waals surface area contributed by atoms with Gasteiger partial charge in [-0.3, -0.25) is 4.90 Å². The van der Waals surface area contributed by atoms with Crippen LogP contribution in [-0.2, 0) is 4.74 Å². The van der Waals surface area contributed by atoms with Crippen molar-refractivity contribution in [2.45, 2.75) is 31.8 Å². The first-order valence-electron chi connectivity index (χ1n) is 9.20. The summed E-state index contributed by atoms with van der Waals surface area (Å²) >= 11 is 5.88. The number of hydrogen-bond donors (Lipinski definition) is 0. The van der Waals surface area contributed by atoms with Crippen LogP contribution in [0.5, 0.6) is 5.75 Å². The quantitative estimate of drug-likeness (QED) is 0.649. The molecule has 0 radical (unpaired) electrons. The van der Waals surface area contributed by atoms with Crippen LogP contribution >= 0.6 is 11.6 Å². The highest BCUT2D eigenvalue weighted by molar-refractivity contribution is 6.29. The van der Waals surface area contributed by atoms with Crippen LogP contribution in [0.25, 0.3) is 5.65 Å². The number of pyridine rings is 1. The molecule has 0 spiro atoms. The molecular formula is C19H18ClN5O3. The minimum atomic E-state index is -0.332. The second kappa shape index (κ2) is 6.63. The standard InChI is InChI=1S/C19H18ClN5O3/c1-11(28-14-7-17(20)23-21-8-14)15-10-24-9-13(12-2-3-12)6-16(18(24)22-15)25-4-5-27-19(25)26/h6-12H,2-5H2,1H3. The predicted octanol–water partition coefficient (Wildman–Crippen LogP) is 3.75. The van der Waals surface area contributed by atoms with Crippen LogP contribution in [0.15, 0.2) is 30.7 Å². The van der Waals surface area contributed by atoms with Crippen LogP contribution in [0.1, 0.15) is 43.0 Å². The van der Waals surface area contributed by atoms with Gasteiger partial charge in [-0.15, -0.1) is 5.10 Å². The second-order valence-electron chi connectivity index (χ2n) is 7.07. The summed E-state index contributed by atoms with van der Waals surface area (Å²) in [5, 5.41) is 7.78. The second-order valence-corrected chi connectivity index (χ2v) is 7.46. The van der Waals surface area contributed by atoms with Crippen LogP contribution in [0.3, 0.4) is 0 Å². The van der Waals surface area contributed by atoms with Crippen LogP contribution in [0, 0.1) is 0 Å². The zero-order valence-corrected chi connectivity index (χ0v) is 16.0. The molecule has 5 rings (SSSR count). The highest BCUT2D eigenvalue weighted by Gasteiger charge is 2.30. The summed E-state index contributed by atoms with van der Waals surface area (Å²) in [6.07, 6.45) is 7.22. The maximum Gasteiger partial charge on any atom is 0.414 e. The van der Waals surface area contributed by atoms with Crippen molar-refractivity contribution in [3.05, 3.63) is 47.1 Å². The predicted molar refractivity (Wildman–Crippen MR) is 102 cm³/mol. The summed E-state index contributed by atoms with van der Waals surface area (Å²) in [5.41, 5.74) is 3.44. The van der Waals surface area contributed by atoms with Crippen molar-refractivity contribution in [2.75, 3.05) is 18.1 Å². The first kappa shape index (κ1) is 17.2. The Bertz CT molecular complexity index is 1060. The Morgan fingerprint density at radius 1 is 1.32 bits per heavy atom. The van der Waals surface area contributed by atoms with Crippen molar-refractivity contribution >= 4 is 29.0 Å². The molecule has 144 valence electrons. The zero-order valence-electron chi connectivity index (χ0n) is 15.2. The molecule has 1 saturated carbocycles. The Balaban J connectivity index is 1.53. The lowest BCUT2D eigenvalue weighted by molar-refractivity contribution is 0.181. The van der Waals surface area contributed by atoms with E-state index in [1.807, 2.05) is 17.5 Å². The molecule has 3 aromatic rings. The van der Waals surface area contributed by atoms with E-state index in [0.717, 1.165) is 11.4 Å². The van der Waals surface area contributed by atoms with Crippen LogP contribution in [0.4, 0.5) is 10.5 Å². The van der Waals surface area contributed by atoms with Gasteiger partial charge in [0.25, 0.3) is 0 Å². The molecule has 0 bridgehead atoms. The molecule has 28 heavy (non-hydrogen) atoms. The minimum absolute atomic E-state index is 0.267. The number of ether oxygens (including phenoxy) is 2. The fourth-order valence-electron chi connectivity index (χ4n) is 3.42. The number of nitrogens with zero attached hydrogens (tertiary/aromatic N) is 5. The summed E-state index contributed by atoms with van der Waals surface area (Å²) in [5.74, 6) is 1.07. The summed E-state index contributed by atoms with van der Waals surface area (Å²) in [4.78, 5) is 18.5. The molecule has 8 nitrogen and oxygen atoms in total. The normalized spacial score (nSPS) is 17.8. The van der Waals surface area contributed by atoms with E-state index in [4.69, 9.17) is 26.1 Å². The number of aromatic nitrogens is 4. The van der Waals surface area contributed by atoms with Crippen molar-refractivity contribution in [3.8, 4) is 5.75 Å². The zero-order chi connectivity index (χ0) is 19.3. The van der Waals surface area contributed by atoms with E-state index < -0.39 is 0 Å². The molecule has 3 aromatic heterocycles. The van der Waals surface area contributed by atoms with Crippen molar-refractivity contribution in [1.29, 1.82) is 0 Å². The monoisotopic (exact) mass is 399 g/mol. The summed E-state index contributed by atoms with van der Waals surface area (Å²) in [7, 11) is 0. The summed E-state index contributed by atoms with van der Waals surface area (Å²) < 4.78 is 13.0. The van der Waals surface area contributed by atoms with Gasteiger partial charge < -0.3 is 13.9 Å². The van der Waals surface area contributed by atoms with Gasteiger partial charge in [-0.25, -0.2) is 9.78 Å². The van der Waals surface area contributed by atoms with Crippen molar-refractivity contribution in [2.24, 2.45) is 0 Å². The van der Waals surface area contributed by atoms with Crippen molar-refractivity contribution < 1.29 is 14.3 Å². The maximum atomic E-state index is 12.1. The smallest absolute Gasteiger partial charge is 0.414 e. The fraction of sp³-hybridized carbons (Fsp3) is 0.368. The Kier molecular flexibility index (Phi) is 4.08. The molecule has 1 aliphatic carbocycles. The van der Waals surface area contributed by atoms with Gasteiger partial charge in [0.2, 0.25) is 0 Å². The maximum absolute atomic E-state index is 12.1. The Morgan fingerprint density at radius 3 is 2.89 bits per heavy atom. The molecule has 0 aromatic carbocycles. The first-order chi connectivity index (χ1) is 13.6. The van der Waals surface area contributed by atoms with E-state index >= 15 is 0 Å². The van der Waals surface area contributed by atoms with Gasteiger partial charge in [0.15, 0.2) is 10.8 Å². The lowest BCUT2D eigenvalue weighted by atomic mass is 10.1. The number of carbonyl (C=O) groups excluding carboxylic acids is 1. The van der Waals surface area contributed by atoms with E-state index in [-0.39, 0.29) is 17.4 Å². The average molecular weight is 400 g/mol. The van der Waals surface area contributed by atoms with Crippen LogP contribution in [0.2, 0.25) is 5.15 Å². The van der Waals surface area contributed by atoms with Gasteiger partial charge >= 0.3 is 6.09 Å². The number of anilines is 1. The van der Waals surface area contributed by atoms with Gasteiger partial charge in [0, 0.05) is 18.5 Å². The van der Waals surface area contributed by atoms with Crippen molar-refractivity contribution in [3.63, 3.8) is 0 Å². The third-order valence-corrected chi connectivity index (χ3v) is 5.19. The Labute approximate surface area is 166 Å². The lowest BCUT2D eigenvalue weighted by Crippen LogP contribution is -2.24. The first-order valence-corrected chi connectivity index (χ1v) is 9.58. The molecule has 1 saturated heterocycles. The number of hydrogen-bond acceptors (Lipinski definition) is 6. The molecule has 1 amide bonds. The molecular weight excluding hydrogens is 382 g/mol. The SMILES string of the molecule is CC(Oc1cnnc(Cl)c1)c1cn2cc(C3CC3)cc(N3CCOC3=O)c2n1. The molecule has 9 heteroatoms. The number of halogens is 1. The third-order valence-electron chi connectivity index (χ3n) is 5.00. The molecule has 4 heterocycles. The number of cyclic esters (lactones) is 1. The van der Waals surface area contributed by atoms with E-state index in [1.165, 1.54) is 24.6 Å². The highest BCUT2D eigenvalue weighted by atomic mass is 35.5. The van der Waals surface area contributed by atoms with Gasteiger partial charge in [0.05, 0.1) is 24.1 Å². The Morgan fingerprint density at radius 2 is 2.18 bits per heavy atom. The molecule has 1 aliphatic heterocycles. The van der Waals surface area contributed by atoms with E-state index in [0.29, 0.717) is 30.5 Å². The number of fused-ring (bicyclic) bond motifs is 1. The third kappa shape index (κ3) is 3.13. The molecule has 1 unspecified atom stereocenters. The Hall–Kier alpha value is -2.87. The van der Waals surface area contributed by atoms with E-state index in [9.17, 15) is 4.79 Å². The number of imidazole rings is 1. The fourth-order valence-corrected chi connectivity index (χ4v) is 3.57. The van der Waals surface area contributed by atoms with Gasteiger partial charge in [-0.1, -0.05) is 11.6 Å². The average Bonchev–Trinajstić information content (AvgIpc) is 3.29.